The van der Waals surface area contributed by atoms with Crippen LogP contribution >= 0.6 is 22.9 Å². The topological polar surface area (TPSA) is 47.6 Å². The fourth-order valence-electron chi connectivity index (χ4n) is 2.06. The molecular weight excluding hydrogens is 322 g/mol. The molecular formula is C16H18ClNO3S. The quantitative estimate of drug-likeness (QED) is 0.870. The number of ether oxygens (including phenoxy) is 2. The highest BCUT2D eigenvalue weighted by molar-refractivity contribution is 7.12. The minimum atomic E-state index is -0.241. The first-order valence-electron chi connectivity index (χ1n) is 6.76. The summed E-state index contributed by atoms with van der Waals surface area (Å²) in [6.45, 7) is 2.42. The van der Waals surface area contributed by atoms with E-state index in [1.54, 1.807) is 36.6 Å². The average molecular weight is 340 g/mol. The lowest BCUT2D eigenvalue weighted by atomic mass is 10.2. The molecule has 1 N–H and O–H groups in total. The van der Waals surface area contributed by atoms with Crippen LogP contribution in [0.3, 0.4) is 0 Å². The van der Waals surface area contributed by atoms with Crippen molar-refractivity contribution in [3.63, 3.8) is 0 Å². The number of benzene rings is 1. The maximum absolute atomic E-state index is 12.3. The van der Waals surface area contributed by atoms with Gasteiger partial charge in [0.15, 0.2) is 0 Å². The molecule has 2 aromatic rings. The zero-order valence-corrected chi connectivity index (χ0v) is 14.3. The number of halogens is 1. The second-order valence-electron chi connectivity index (χ2n) is 4.73. The van der Waals surface area contributed by atoms with E-state index in [9.17, 15) is 4.79 Å². The van der Waals surface area contributed by atoms with Gasteiger partial charge in [0, 0.05) is 28.4 Å². The van der Waals surface area contributed by atoms with Gasteiger partial charge in [0.2, 0.25) is 0 Å². The molecule has 0 spiro atoms. The number of methoxy groups -OCH3 is 2. The third-order valence-corrected chi connectivity index (χ3v) is 4.54. The van der Waals surface area contributed by atoms with Gasteiger partial charge in [-0.05, 0) is 37.3 Å². The van der Waals surface area contributed by atoms with Crippen LogP contribution in [-0.4, -0.2) is 26.7 Å². The highest BCUT2D eigenvalue weighted by Gasteiger charge is 2.17. The van der Waals surface area contributed by atoms with Crippen molar-refractivity contribution in [1.82, 2.24) is 5.32 Å². The van der Waals surface area contributed by atoms with Crippen molar-refractivity contribution in [1.29, 1.82) is 0 Å². The smallest absolute Gasteiger partial charge is 0.255 e. The number of nitrogens with one attached hydrogen (secondary N) is 1. The Morgan fingerprint density at radius 1 is 1.32 bits per heavy atom. The summed E-state index contributed by atoms with van der Waals surface area (Å²) in [5.74, 6) is 0.248. The molecule has 1 aromatic heterocycles. The summed E-state index contributed by atoms with van der Waals surface area (Å²) in [5.41, 5.74) is 0.409. The molecule has 118 valence electrons. The number of hydrogen-bond acceptors (Lipinski definition) is 4. The Balaban J connectivity index is 2.07. The maximum atomic E-state index is 12.3. The summed E-state index contributed by atoms with van der Waals surface area (Å²) < 4.78 is 10.6. The fraction of sp³-hybridized carbons (Fsp3) is 0.312. The molecule has 4 nitrogen and oxygen atoms in total. The van der Waals surface area contributed by atoms with Gasteiger partial charge in [-0.15, -0.1) is 11.3 Å². The number of carbonyl (C=O) groups is 1. The van der Waals surface area contributed by atoms with E-state index in [-0.39, 0.29) is 12.0 Å². The van der Waals surface area contributed by atoms with Gasteiger partial charge in [-0.2, -0.15) is 0 Å². The molecule has 0 bridgehead atoms. The van der Waals surface area contributed by atoms with Crippen molar-refractivity contribution in [2.24, 2.45) is 0 Å². The van der Waals surface area contributed by atoms with Crippen molar-refractivity contribution in [3.05, 3.63) is 50.7 Å². The lowest BCUT2D eigenvalue weighted by molar-refractivity contribution is 0.0835. The van der Waals surface area contributed by atoms with Gasteiger partial charge >= 0.3 is 0 Å². The van der Waals surface area contributed by atoms with Gasteiger partial charge in [0.05, 0.1) is 12.7 Å². The summed E-state index contributed by atoms with van der Waals surface area (Å²) in [6, 6.07) is 9.00. The molecule has 1 amide bonds. The van der Waals surface area contributed by atoms with Crippen LogP contribution in [0.2, 0.25) is 5.02 Å². The summed E-state index contributed by atoms with van der Waals surface area (Å²) >= 11 is 7.60. The van der Waals surface area contributed by atoms with Crippen molar-refractivity contribution >= 4 is 28.8 Å². The van der Waals surface area contributed by atoms with Crippen molar-refractivity contribution < 1.29 is 14.3 Å². The van der Waals surface area contributed by atoms with Crippen LogP contribution in [0, 0.1) is 6.92 Å². The van der Waals surface area contributed by atoms with Gasteiger partial charge in [0.25, 0.3) is 5.91 Å². The van der Waals surface area contributed by atoms with Crippen molar-refractivity contribution in [2.45, 2.75) is 13.0 Å². The van der Waals surface area contributed by atoms with Crippen LogP contribution < -0.4 is 10.1 Å². The van der Waals surface area contributed by atoms with Gasteiger partial charge in [0.1, 0.15) is 11.9 Å². The minimum Gasteiger partial charge on any atom is -0.496 e. The Hall–Kier alpha value is -1.56. The van der Waals surface area contributed by atoms with Crippen molar-refractivity contribution in [3.8, 4) is 5.75 Å². The number of rotatable bonds is 6. The van der Waals surface area contributed by atoms with Crippen LogP contribution in [0.4, 0.5) is 0 Å². The lowest BCUT2D eigenvalue weighted by Gasteiger charge is -2.15. The summed E-state index contributed by atoms with van der Waals surface area (Å²) in [6.07, 6.45) is -0.173. The second kappa shape index (κ2) is 7.63. The minimum absolute atomic E-state index is 0.173. The zero-order valence-electron chi connectivity index (χ0n) is 12.7. The molecule has 0 aliphatic carbocycles. The summed E-state index contributed by atoms with van der Waals surface area (Å²) in [5, 5.41) is 3.35. The van der Waals surface area contributed by atoms with Crippen LogP contribution in [-0.2, 0) is 4.74 Å². The second-order valence-corrected chi connectivity index (χ2v) is 6.48. The molecule has 0 aliphatic heterocycles. The zero-order chi connectivity index (χ0) is 16.1. The SMILES string of the molecule is COc1ccc(Cl)cc1C(=O)NCC(OC)c1ccc(C)s1. The largest absolute Gasteiger partial charge is 0.496 e. The summed E-state index contributed by atoms with van der Waals surface area (Å²) in [7, 11) is 3.15. The Bertz CT molecular complexity index is 657. The van der Waals surface area contributed by atoms with E-state index in [0.717, 1.165) is 4.88 Å². The molecule has 1 atom stereocenters. The number of amides is 1. The molecule has 0 radical (unpaired) electrons. The van der Waals surface area contributed by atoms with Gasteiger partial charge < -0.3 is 14.8 Å². The Morgan fingerprint density at radius 3 is 2.68 bits per heavy atom. The Morgan fingerprint density at radius 2 is 2.09 bits per heavy atom. The first kappa shape index (κ1) is 16.8. The molecule has 0 saturated carbocycles. The van der Waals surface area contributed by atoms with Crippen LogP contribution in [0.5, 0.6) is 5.75 Å². The first-order chi connectivity index (χ1) is 10.5. The molecule has 1 unspecified atom stereocenters. The van der Waals surface area contributed by atoms with E-state index < -0.39 is 0 Å². The van der Waals surface area contributed by atoms with Crippen molar-refractivity contribution in [2.75, 3.05) is 20.8 Å². The average Bonchev–Trinajstić information content (AvgIpc) is 2.94. The third kappa shape index (κ3) is 4.00. The molecule has 0 saturated heterocycles. The Labute approximate surface area is 139 Å². The van der Waals surface area contributed by atoms with Crippen LogP contribution in [0.1, 0.15) is 26.2 Å². The molecule has 2 rings (SSSR count). The summed E-state index contributed by atoms with van der Waals surface area (Å²) in [4.78, 5) is 14.6. The van der Waals surface area contributed by atoms with Gasteiger partial charge in [-0.25, -0.2) is 0 Å². The molecule has 1 heterocycles. The fourth-order valence-corrected chi connectivity index (χ4v) is 3.19. The Kier molecular flexibility index (Phi) is 5.83. The number of hydrogen-bond donors (Lipinski definition) is 1. The van der Waals surface area contributed by atoms with E-state index >= 15 is 0 Å². The number of aryl methyl sites for hydroxylation is 1. The van der Waals surface area contributed by atoms with E-state index in [0.29, 0.717) is 22.9 Å². The molecule has 6 heteroatoms. The van der Waals surface area contributed by atoms with E-state index in [4.69, 9.17) is 21.1 Å². The number of thiophene rings is 1. The first-order valence-corrected chi connectivity index (χ1v) is 7.95. The standard InChI is InChI=1S/C16H18ClNO3S/c1-10-4-7-15(22-10)14(21-3)9-18-16(19)12-8-11(17)5-6-13(12)20-2/h4-8,14H,9H2,1-3H3,(H,18,19). The normalized spacial score (nSPS) is 12.0. The van der Waals surface area contributed by atoms with Gasteiger partial charge in [-0.3, -0.25) is 4.79 Å². The predicted octanol–water partition coefficient (Wildman–Crippen LogP) is 3.84. The van der Waals surface area contributed by atoms with Crippen LogP contribution in [0.15, 0.2) is 30.3 Å². The molecule has 22 heavy (non-hydrogen) atoms. The van der Waals surface area contributed by atoms with Gasteiger partial charge in [-0.1, -0.05) is 11.6 Å². The van der Waals surface area contributed by atoms with Crippen LogP contribution in [0.25, 0.3) is 0 Å². The molecule has 0 aliphatic rings. The molecule has 1 aromatic carbocycles. The predicted molar refractivity (Wildman–Crippen MR) is 89.1 cm³/mol. The number of carbonyl (C=O) groups excluding carboxylic acids is 1. The highest BCUT2D eigenvalue weighted by Crippen LogP contribution is 2.25. The third-order valence-electron chi connectivity index (χ3n) is 3.22. The maximum Gasteiger partial charge on any atom is 0.255 e. The van der Waals surface area contributed by atoms with E-state index in [2.05, 4.69) is 5.32 Å². The van der Waals surface area contributed by atoms with E-state index in [1.165, 1.54) is 12.0 Å². The monoisotopic (exact) mass is 339 g/mol. The highest BCUT2D eigenvalue weighted by atomic mass is 35.5. The lowest BCUT2D eigenvalue weighted by Crippen LogP contribution is -2.29. The molecule has 0 fully saturated rings. The van der Waals surface area contributed by atoms with E-state index in [1.807, 2.05) is 19.1 Å².